The zero-order valence-corrected chi connectivity index (χ0v) is 11.0. The Balaban J connectivity index is 2.82. The van der Waals surface area contributed by atoms with Crippen LogP contribution in [-0.4, -0.2) is 25.2 Å². The number of carbonyl (C=O) groups is 1. The Morgan fingerprint density at radius 2 is 2.10 bits per heavy atom. The number of hydrogen-bond donors (Lipinski definition) is 2. The van der Waals surface area contributed by atoms with E-state index in [1.54, 1.807) is 18.2 Å². The van der Waals surface area contributed by atoms with E-state index < -0.39 is 25.0 Å². The van der Waals surface area contributed by atoms with Crippen LogP contribution in [0.15, 0.2) is 18.2 Å². The summed E-state index contributed by atoms with van der Waals surface area (Å²) in [6, 6.07) is 4.94. The van der Waals surface area contributed by atoms with Crippen LogP contribution in [0.4, 0.5) is 13.2 Å². The second-order valence-corrected chi connectivity index (χ2v) is 4.18. The maximum Gasteiger partial charge on any atom is 0.390 e. The summed E-state index contributed by atoms with van der Waals surface area (Å²) in [5, 5.41) is 2.23. The van der Waals surface area contributed by atoms with Gasteiger partial charge >= 0.3 is 6.18 Å². The van der Waals surface area contributed by atoms with E-state index in [1.807, 2.05) is 6.92 Å². The first kappa shape index (κ1) is 16.1. The zero-order chi connectivity index (χ0) is 15.2. The predicted octanol–water partition coefficient (Wildman–Crippen LogP) is 1.99. The molecular formula is C14H15F3N2O. The topological polar surface area (TPSA) is 55.1 Å². The molecule has 0 heterocycles. The van der Waals surface area contributed by atoms with E-state index in [0.717, 1.165) is 5.56 Å². The van der Waals surface area contributed by atoms with Crippen molar-refractivity contribution in [2.24, 2.45) is 5.73 Å². The highest BCUT2D eigenvalue weighted by Gasteiger charge is 2.26. The number of benzene rings is 1. The quantitative estimate of drug-likeness (QED) is 0.834. The van der Waals surface area contributed by atoms with Gasteiger partial charge < -0.3 is 11.1 Å². The summed E-state index contributed by atoms with van der Waals surface area (Å²) < 4.78 is 36.1. The Morgan fingerprint density at radius 3 is 2.70 bits per heavy atom. The molecule has 0 atom stereocenters. The fraction of sp³-hybridized carbons (Fsp3) is 0.357. The molecule has 0 spiro atoms. The number of aryl methyl sites for hydroxylation is 1. The minimum absolute atomic E-state index is 0.142. The Morgan fingerprint density at radius 1 is 1.40 bits per heavy atom. The maximum absolute atomic E-state index is 12.0. The highest BCUT2D eigenvalue weighted by Crippen LogP contribution is 2.18. The SMILES string of the molecule is Cc1ccc(C(=O)NCCC(F)(F)F)c(C#CCN)c1. The third-order valence-corrected chi connectivity index (χ3v) is 2.44. The molecule has 3 N–H and O–H groups in total. The molecule has 0 fully saturated rings. The van der Waals surface area contributed by atoms with Gasteiger partial charge in [0.15, 0.2) is 0 Å². The van der Waals surface area contributed by atoms with Gasteiger partial charge in [-0.25, -0.2) is 0 Å². The van der Waals surface area contributed by atoms with Gasteiger partial charge in [0.1, 0.15) is 0 Å². The number of carbonyl (C=O) groups excluding carboxylic acids is 1. The van der Waals surface area contributed by atoms with E-state index in [1.165, 1.54) is 0 Å². The van der Waals surface area contributed by atoms with Crippen LogP contribution in [0.3, 0.4) is 0 Å². The van der Waals surface area contributed by atoms with Gasteiger partial charge in [-0.2, -0.15) is 13.2 Å². The van der Waals surface area contributed by atoms with Crippen molar-refractivity contribution in [3.05, 3.63) is 34.9 Å². The average molecular weight is 284 g/mol. The molecule has 1 aromatic carbocycles. The van der Waals surface area contributed by atoms with E-state index in [9.17, 15) is 18.0 Å². The second-order valence-electron chi connectivity index (χ2n) is 4.18. The summed E-state index contributed by atoms with van der Waals surface area (Å²) >= 11 is 0. The smallest absolute Gasteiger partial charge is 0.352 e. The molecular weight excluding hydrogens is 269 g/mol. The van der Waals surface area contributed by atoms with Crippen LogP contribution in [0, 0.1) is 18.8 Å². The van der Waals surface area contributed by atoms with E-state index in [2.05, 4.69) is 17.2 Å². The van der Waals surface area contributed by atoms with Crippen molar-refractivity contribution in [1.29, 1.82) is 0 Å². The molecule has 0 radical (unpaired) electrons. The Labute approximate surface area is 115 Å². The van der Waals surface area contributed by atoms with Gasteiger partial charge in [-0.3, -0.25) is 4.79 Å². The van der Waals surface area contributed by atoms with Crippen molar-refractivity contribution in [2.75, 3.05) is 13.1 Å². The predicted molar refractivity (Wildman–Crippen MR) is 70.1 cm³/mol. The lowest BCUT2D eigenvalue weighted by molar-refractivity contribution is -0.132. The summed E-state index contributed by atoms with van der Waals surface area (Å²) in [6.45, 7) is 1.52. The van der Waals surface area contributed by atoms with Crippen LogP contribution in [0.25, 0.3) is 0 Å². The summed E-state index contributed by atoms with van der Waals surface area (Å²) in [5.74, 6) is 4.79. The largest absolute Gasteiger partial charge is 0.390 e. The van der Waals surface area contributed by atoms with E-state index >= 15 is 0 Å². The van der Waals surface area contributed by atoms with E-state index in [4.69, 9.17) is 5.73 Å². The molecule has 20 heavy (non-hydrogen) atoms. The molecule has 0 saturated carbocycles. The molecule has 0 aliphatic rings. The van der Waals surface area contributed by atoms with Crippen LogP contribution in [-0.2, 0) is 0 Å². The van der Waals surface area contributed by atoms with Crippen molar-refractivity contribution < 1.29 is 18.0 Å². The number of nitrogens with one attached hydrogen (secondary N) is 1. The standard InChI is InChI=1S/C14H15F3N2O/c1-10-4-5-12(11(9-10)3-2-7-18)13(20)19-8-6-14(15,16)17/h4-5,9H,6-8,18H2,1H3,(H,19,20). The number of hydrogen-bond acceptors (Lipinski definition) is 2. The normalized spacial score (nSPS) is 10.7. The van der Waals surface area contributed by atoms with Crippen LogP contribution in [0.1, 0.15) is 27.9 Å². The fourth-order valence-electron chi connectivity index (χ4n) is 1.52. The first-order valence-electron chi connectivity index (χ1n) is 5.98. The summed E-state index contributed by atoms with van der Waals surface area (Å²) in [5.41, 5.74) is 6.88. The van der Waals surface area contributed by atoms with Gasteiger partial charge in [-0.05, 0) is 24.6 Å². The van der Waals surface area contributed by atoms with Gasteiger partial charge in [0, 0.05) is 12.1 Å². The summed E-state index contributed by atoms with van der Waals surface area (Å²) in [7, 11) is 0. The maximum atomic E-state index is 12.0. The van der Waals surface area contributed by atoms with Crippen molar-refractivity contribution in [1.82, 2.24) is 5.32 Å². The highest BCUT2D eigenvalue weighted by atomic mass is 19.4. The molecule has 6 heteroatoms. The highest BCUT2D eigenvalue weighted by molar-refractivity contribution is 5.96. The minimum atomic E-state index is -4.29. The van der Waals surface area contributed by atoms with Crippen LogP contribution >= 0.6 is 0 Å². The molecule has 0 bridgehead atoms. The number of halogens is 3. The van der Waals surface area contributed by atoms with Gasteiger partial charge in [0.2, 0.25) is 0 Å². The molecule has 1 rings (SSSR count). The molecule has 1 aromatic rings. The molecule has 0 aliphatic carbocycles. The van der Waals surface area contributed by atoms with Gasteiger partial charge in [0.25, 0.3) is 5.91 Å². The fourth-order valence-corrected chi connectivity index (χ4v) is 1.52. The van der Waals surface area contributed by atoms with E-state index in [-0.39, 0.29) is 12.1 Å². The second kappa shape index (κ2) is 6.96. The molecule has 0 aliphatic heterocycles. The molecule has 108 valence electrons. The number of alkyl halides is 3. The molecule has 1 amide bonds. The van der Waals surface area contributed by atoms with Crippen LogP contribution < -0.4 is 11.1 Å². The monoisotopic (exact) mass is 284 g/mol. The lowest BCUT2D eigenvalue weighted by Gasteiger charge is -2.09. The Bertz CT molecular complexity index is 542. The minimum Gasteiger partial charge on any atom is -0.352 e. The van der Waals surface area contributed by atoms with Gasteiger partial charge in [-0.15, -0.1) is 0 Å². The van der Waals surface area contributed by atoms with Crippen LogP contribution in [0.2, 0.25) is 0 Å². The van der Waals surface area contributed by atoms with Crippen molar-refractivity contribution in [3.63, 3.8) is 0 Å². The molecule has 0 saturated heterocycles. The van der Waals surface area contributed by atoms with Crippen LogP contribution in [0.5, 0.6) is 0 Å². The van der Waals surface area contributed by atoms with Gasteiger partial charge in [0.05, 0.1) is 18.5 Å². The number of nitrogens with two attached hydrogens (primary N) is 1. The van der Waals surface area contributed by atoms with E-state index in [0.29, 0.717) is 5.56 Å². The average Bonchev–Trinajstić information content (AvgIpc) is 2.34. The summed E-state index contributed by atoms with van der Waals surface area (Å²) in [6.07, 6.45) is -5.35. The van der Waals surface area contributed by atoms with Crippen molar-refractivity contribution in [2.45, 2.75) is 19.5 Å². The summed E-state index contributed by atoms with van der Waals surface area (Å²) in [4.78, 5) is 11.8. The Kier molecular flexibility index (Phi) is 5.59. The first-order valence-corrected chi connectivity index (χ1v) is 5.98. The third-order valence-electron chi connectivity index (χ3n) is 2.44. The lowest BCUT2D eigenvalue weighted by atomic mass is 10.0. The van der Waals surface area contributed by atoms with Crippen molar-refractivity contribution in [3.8, 4) is 11.8 Å². The molecule has 0 unspecified atom stereocenters. The lowest BCUT2D eigenvalue weighted by Crippen LogP contribution is -2.28. The number of rotatable bonds is 3. The molecule has 3 nitrogen and oxygen atoms in total. The van der Waals surface area contributed by atoms with Crippen molar-refractivity contribution >= 4 is 5.91 Å². The molecule has 0 aromatic heterocycles. The third kappa shape index (κ3) is 5.33. The number of amides is 1. The van der Waals surface area contributed by atoms with Gasteiger partial charge in [-0.1, -0.05) is 17.9 Å². The Hall–Kier alpha value is -2.00. The first-order chi connectivity index (χ1) is 9.33. The zero-order valence-electron chi connectivity index (χ0n) is 11.0.